The van der Waals surface area contributed by atoms with E-state index >= 15 is 0 Å². The van der Waals surface area contributed by atoms with Gasteiger partial charge < -0.3 is 0 Å². The summed E-state index contributed by atoms with van der Waals surface area (Å²) in [4.78, 5) is 11.1. The van der Waals surface area contributed by atoms with Crippen LogP contribution in [0.2, 0.25) is 0 Å². The van der Waals surface area contributed by atoms with Gasteiger partial charge in [0.2, 0.25) is 0 Å². The van der Waals surface area contributed by atoms with Gasteiger partial charge in [-0.25, -0.2) is 0 Å². The standard InChI is InChI=1S/C46H76N2.Pd/c1-7-13-19-20-21-26-32-46(48-44-37-41(29-24-16-10-4)34-42(38-44)30-25-17-11-5)45(31-18-12-6)47-43-35-39(27-22-14-8-2)33-40(36-43)28-23-15-9-3;/h33-38H,7-32H2,1-6H3;/b47-45+,48-46+;. The number of nitrogens with zero attached hydrogens (tertiary/aromatic N) is 2. The van der Waals surface area contributed by atoms with Gasteiger partial charge in [-0.15, -0.1) is 0 Å². The third-order valence-electron chi connectivity index (χ3n) is 9.75. The van der Waals surface area contributed by atoms with E-state index in [1.807, 2.05) is 0 Å². The van der Waals surface area contributed by atoms with E-state index in [9.17, 15) is 0 Å². The van der Waals surface area contributed by atoms with Crippen molar-refractivity contribution in [1.29, 1.82) is 0 Å². The number of rotatable bonds is 29. The van der Waals surface area contributed by atoms with Crippen LogP contribution in [0.3, 0.4) is 0 Å². The number of aliphatic imine (C=N–C) groups is 2. The molecule has 0 saturated heterocycles. The molecule has 3 heteroatoms. The Morgan fingerprint density at radius 1 is 0.347 bits per heavy atom. The van der Waals surface area contributed by atoms with Gasteiger partial charge in [0, 0.05) is 20.4 Å². The summed E-state index contributed by atoms with van der Waals surface area (Å²) in [5.74, 6) is 0. The molecule has 0 aromatic heterocycles. The van der Waals surface area contributed by atoms with Crippen molar-refractivity contribution in [3.8, 4) is 0 Å². The zero-order valence-electron chi connectivity index (χ0n) is 33.1. The normalized spacial score (nSPS) is 12.0. The second kappa shape index (κ2) is 30.1. The monoisotopic (exact) mass is 763 g/mol. The molecule has 0 N–H and O–H groups in total. The van der Waals surface area contributed by atoms with E-state index < -0.39 is 0 Å². The SMILES string of the molecule is CCCCCCCCC(=N\c1cc(CCCCC)cc(CCCCC)c1)/C(CCCC)=N/c1cc(CCCCC)cc(CCCCC)c1.[Pd]. The molecule has 0 atom stereocenters. The van der Waals surface area contributed by atoms with E-state index in [2.05, 4.69) is 77.9 Å². The molecule has 0 unspecified atom stereocenters. The zero-order chi connectivity index (χ0) is 34.7. The van der Waals surface area contributed by atoms with Crippen LogP contribution in [0.5, 0.6) is 0 Å². The van der Waals surface area contributed by atoms with Crippen LogP contribution in [0.4, 0.5) is 11.4 Å². The van der Waals surface area contributed by atoms with E-state index in [-0.39, 0.29) is 20.4 Å². The average Bonchev–Trinajstić information content (AvgIpc) is 3.08. The van der Waals surface area contributed by atoms with Crippen molar-refractivity contribution >= 4 is 22.8 Å². The fraction of sp³-hybridized carbons (Fsp3) is 0.696. The van der Waals surface area contributed by atoms with Crippen LogP contribution in [0.1, 0.15) is 205 Å². The summed E-state index contributed by atoms with van der Waals surface area (Å²) < 4.78 is 0. The first-order valence-electron chi connectivity index (χ1n) is 21.0. The number of aryl methyl sites for hydroxylation is 4. The molecule has 0 aliphatic heterocycles. The molecule has 0 aliphatic carbocycles. The zero-order valence-corrected chi connectivity index (χ0v) is 34.6. The molecular weight excluding hydrogens is 687 g/mol. The van der Waals surface area contributed by atoms with Crippen LogP contribution in [-0.2, 0) is 46.1 Å². The molecule has 2 aromatic carbocycles. The van der Waals surface area contributed by atoms with Gasteiger partial charge in [-0.2, -0.15) is 0 Å². The van der Waals surface area contributed by atoms with E-state index in [4.69, 9.17) is 9.98 Å². The van der Waals surface area contributed by atoms with Gasteiger partial charge in [-0.1, -0.05) is 144 Å². The van der Waals surface area contributed by atoms with Gasteiger partial charge in [-0.3, -0.25) is 9.98 Å². The van der Waals surface area contributed by atoms with E-state index in [0.29, 0.717) is 0 Å². The first-order valence-corrected chi connectivity index (χ1v) is 21.0. The molecule has 0 bridgehead atoms. The Morgan fingerprint density at radius 3 is 0.980 bits per heavy atom. The molecule has 0 fully saturated rings. The van der Waals surface area contributed by atoms with Gasteiger partial charge in [0.1, 0.15) is 0 Å². The smallest absolute Gasteiger partial charge is 0.0639 e. The number of unbranched alkanes of at least 4 members (excludes halogenated alkanes) is 14. The van der Waals surface area contributed by atoms with Crippen molar-refractivity contribution in [2.24, 2.45) is 9.98 Å². The minimum atomic E-state index is 0. The Balaban J connectivity index is 0.0000120. The van der Waals surface area contributed by atoms with Gasteiger partial charge in [0.25, 0.3) is 0 Å². The second-order valence-corrected chi connectivity index (χ2v) is 14.6. The van der Waals surface area contributed by atoms with Crippen molar-refractivity contribution in [2.45, 2.75) is 208 Å². The number of benzene rings is 2. The summed E-state index contributed by atoms with van der Waals surface area (Å²) in [6, 6.07) is 14.6. The van der Waals surface area contributed by atoms with Crippen LogP contribution in [-0.4, -0.2) is 11.4 Å². The molecule has 2 rings (SSSR count). The Hall–Kier alpha value is -1.56. The molecule has 280 valence electrons. The van der Waals surface area contributed by atoms with Crippen molar-refractivity contribution in [3.63, 3.8) is 0 Å². The maximum atomic E-state index is 5.57. The van der Waals surface area contributed by atoms with Crippen molar-refractivity contribution in [2.75, 3.05) is 0 Å². The van der Waals surface area contributed by atoms with Gasteiger partial charge in [0.05, 0.1) is 22.8 Å². The molecule has 2 nitrogen and oxygen atoms in total. The Labute approximate surface area is 318 Å². The third-order valence-corrected chi connectivity index (χ3v) is 9.75. The summed E-state index contributed by atoms with van der Waals surface area (Å²) in [5.41, 5.74) is 10.7. The second-order valence-electron chi connectivity index (χ2n) is 14.6. The molecule has 0 aliphatic rings. The van der Waals surface area contributed by atoms with Crippen molar-refractivity contribution in [1.82, 2.24) is 0 Å². The molecule has 0 amide bonds. The van der Waals surface area contributed by atoms with Crippen LogP contribution < -0.4 is 0 Å². The first kappa shape index (κ1) is 45.5. The fourth-order valence-corrected chi connectivity index (χ4v) is 6.77. The predicted molar refractivity (Wildman–Crippen MR) is 218 cm³/mol. The Bertz CT molecular complexity index is 1110. The Morgan fingerprint density at radius 2 is 0.633 bits per heavy atom. The molecule has 49 heavy (non-hydrogen) atoms. The molecule has 2 aromatic rings. The molecular formula is C46H76N2Pd. The molecule has 0 saturated carbocycles. The quantitative estimate of drug-likeness (QED) is 0.0448. The predicted octanol–water partition coefficient (Wildman–Crippen LogP) is 15.4. The summed E-state index contributed by atoms with van der Waals surface area (Å²) in [6.45, 7) is 13.8. The molecule has 0 radical (unpaired) electrons. The van der Waals surface area contributed by atoms with E-state index in [1.54, 1.807) is 0 Å². The third kappa shape index (κ3) is 20.8. The topological polar surface area (TPSA) is 24.7 Å². The number of hydrogen-bond donors (Lipinski definition) is 0. The maximum absolute atomic E-state index is 5.57. The van der Waals surface area contributed by atoms with Crippen LogP contribution in [0.15, 0.2) is 46.4 Å². The summed E-state index contributed by atoms with van der Waals surface area (Å²) in [5, 5.41) is 0. The minimum absolute atomic E-state index is 0. The summed E-state index contributed by atoms with van der Waals surface area (Å²) in [6.07, 6.45) is 32.2. The van der Waals surface area contributed by atoms with Crippen LogP contribution in [0, 0.1) is 0 Å². The Kier molecular flexibility index (Phi) is 27.9. The first-order chi connectivity index (χ1) is 23.6. The van der Waals surface area contributed by atoms with Crippen molar-refractivity contribution < 1.29 is 20.4 Å². The van der Waals surface area contributed by atoms with E-state index in [0.717, 1.165) is 56.3 Å². The van der Waals surface area contributed by atoms with Gasteiger partial charge in [0.15, 0.2) is 0 Å². The van der Waals surface area contributed by atoms with Crippen molar-refractivity contribution in [3.05, 3.63) is 58.7 Å². The van der Waals surface area contributed by atoms with Gasteiger partial charge in [-0.05, 0) is 124 Å². The maximum Gasteiger partial charge on any atom is 0.0639 e. The van der Waals surface area contributed by atoms with Crippen LogP contribution >= 0.6 is 0 Å². The van der Waals surface area contributed by atoms with E-state index in [1.165, 1.54) is 156 Å². The largest absolute Gasteiger partial charge is 0.252 e. The van der Waals surface area contributed by atoms with Crippen LogP contribution in [0.25, 0.3) is 0 Å². The average molecular weight is 764 g/mol. The summed E-state index contributed by atoms with van der Waals surface area (Å²) in [7, 11) is 0. The van der Waals surface area contributed by atoms with Gasteiger partial charge >= 0.3 is 0 Å². The molecule has 0 spiro atoms. The fourth-order valence-electron chi connectivity index (χ4n) is 6.77. The summed E-state index contributed by atoms with van der Waals surface area (Å²) >= 11 is 0. The minimum Gasteiger partial charge on any atom is -0.252 e. The number of hydrogen-bond acceptors (Lipinski definition) is 2. The molecule has 0 heterocycles.